The topological polar surface area (TPSA) is 67.6 Å². The molecule has 6 heteroatoms. The molecule has 0 bridgehead atoms. The van der Waals surface area contributed by atoms with E-state index in [1.54, 1.807) is 12.3 Å². The molecule has 0 atom stereocenters. The van der Waals surface area contributed by atoms with E-state index in [0.29, 0.717) is 0 Å². The predicted octanol–water partition coefficient (Wildman–Crippen LogP) is 2.41. The zero-order valence-corrected chi connectivity index (χ0v) is 8.88. The molecule has 2 heterocycles. The summed E-state index contributed by atoms with van der Waals surface area (Å²) in [6.45, 7) is 0. The van der Waals surface area contributed by atoms with Gasteiger partial charge in [0.05, 0.1) is 0 Å². The molecule has 0 aliphatic rings. The van der Waals surface area contributed by atoms with Gasteiger partial charge in [-0.15, -0.1) is 0 Å². The van der Waals surface area contributed by atoms with Gasteiger partial charge in [0.1, 0.15) is 10.8 Å². The number of fused-ring (bicyclic) bond motifs is 1. The van der Waals surface area contributed by atoms with E-state index in [0.717, 1.165) is 21.5 Å². The van der Waals surface area contributed by atoms with Crippen LogP contribution in [-0.2, 0) is 0 Å². The van der Waals surface area contributed by atoms with Crippen molar-refractivity contribution in [3.8, 4) is 10.6 Å². The Balaban J connectivity index is 2.25. The third kappa shape index (κ3) is 1.35. The number of benzene rings is 1. The fourth-order valence-corrected chi connectivity index (χ4v) is 2.24. The molecule has 0 amide bonds. The predicted molar refractivity (Wildman–Crippen MR) is 61.6 cm³/mol. The highest BCUT2D eigenvalue weighted by atomic mass is 32.1. The van der Waals surface area contributed by atoms with Gasteiger partial charge in [-0.05, 0) is 29.7 Å². The molecule has 3 N–H and O–H groups in total. The molecular formula is C10H7FN4S. The average Bonchev–Trinajstić information content (AvgIpc) is 2.83. The minimum Gasteiger partial charge on any atom is -0.367 e. The third-order valence-corrected chi connectivity index (χ3v) is 3.08. The van der Waals surface area contributed by atoms with Gasteiger partial charge in [0.25, 0.3) is 0 Å². The van der Waals surface area contributed by atoms with Crippen LogP contribution in [-0.4, -0.2) is 14.3 Å². The van der Waals surface area contributed by atoms with Crippen molar-refractivity contribution in [2.45, 2.75) is 0 Å². The van der Waals surface area contributed by atoms with E-state index in [9.17, 15) is 4.39 Å². The van der Waals surface area contributed by atoms with Crippen molar-refractivity contribution in [3.05, 3.63) is 30.2 Å². The Kier molecular flexibility index (Phi) is 1.90. The summed E-state index contributed by atoms with van der Waals surface area (Å²) in [5.74, 6) is -0.00543. The van der Waals surface area contributed by atoms with E-state index >= 15 is 0 Å². The molecule has 3 rings (SSSR count). The summed E-state index contributed by atoms with van der Waals surface area (Å²) in [6, 6.07) is 4.58. The van der Waals surface area contributed by atoms with Crippen LogP contribution in [0.15, 0.2) is 24.4 Å². The summed E-state index contributed by atoms with van der Waals surface area (Å²) in [7, 11) is 0. The van der Waals surface area contributed by atoms with Crippen molar-refractivity contribution in [3.63, 3.8) is 0 Å². The molecule has 0 aliphatic carbocycles. The number of nitrogen functional groups attached to an aromatic ring is 1. The van der Waals surface area contributed by atoms with Gasteiger partial charge < -0.3 is 10.7 Å². The first-order valence-corrected chi connectivity index (χ1v) is 5.37. The first kappa shape index (κ1) is 9.29. The molecule has 0 aliphatic heterocycles. The number of halogens is 1. The van der Waals surface area contributed by atoms with Gasteiger partial charge >= 0.3 is 0 Å². The fourth-order valence-electron chi connectivity index (χ4n) is 1.62. The zero-order valence-electron chi connectivity index (χ0n) is 8.07. The molecule has 1 aromatic carbocycles. The van der Waals surface area contributed by atoms with Crippen LogP contribution in [0.5, 0.6) is 0 Å². The van der Waals surface area contributed by atoms with Crippen molar-refractivity contribution >= 4 is 28.4 Å². The molecule has 0 radical (unpaired) electrons. The number of rotatable bonds is 1. The van der Waals surface area contributed by atoms with Crippen molar-refractivity contribution in [2.75, 3.05) is 5.73 Å². The number of aromatic nitrogens is 3. The van der Waals surface area contributed by atoms with Crippen molar-refractivity contribution < 1.29 is 4.39 Å². The zero-order chi connectivity index (χ0) is 11.1. The Morgan fingerprint density at radius 1 is 1.38 bits per heavy atom. The summed E-state index contributed by atoms with van der Waals surface area (Å²) in [6.07, 6.45) is 1.78. The summed E-state index contributed by atoms with van der Waals surface area (Å²) < 4.78 is 16.9. The van der Waals surface area contributed by atoms with E-state index in [1.165, 1.54) is 23.7 Å². The Morgan fingerprint density at radius 3 is 3.00 bits per heavy atom. The van der Waals surface area contributed by atoms with Crippen LogP contribution in [0.1, 0.15) is 0 Å². The van der Waals surface area contributed by atoms with Gasteiger partial charge in [-0.2, -0.15) is 9.36 Å². The summed E-state index contributed by atoms with van der Waals surface area (Å²) >= 11 is 1.23. The molecule has 2 aromatic heterocycles. The molecular weight excluding hydrogens is 227 g/mol. The Bertz CT molecular complexity index is 658. The highest BCUT2D eigenvalue weighted by Crippen LogP contribution is 2.30. The smallest absolute Gasteiger partial charge is 0.232 e. The largest absolute Gasteiger partial charge is 0.367 e. The molecule has 0 fully saturated rings. The van der Waals surface area contributed by atoms with Crippen LogP contribution >= 0.6 is 11.5 Å². The molecule has 0 unspecified atom stereocenters. The third-order valence-electron chi connectivity index (χ3n) is 2.32. The van der Waals surface area contributed by atoms with E-state index in [-0.39, 0.29) is 11.8 Å². The fraction of sp³-hybridized carbons (Fsp3) is 0. The number of hydrogen-bond acceptors (Lipinski definition) is 4. The Hall–Kier alpha value is -1.95. The lowest BCUT2D eigenvalue weighted by Gasteiger charge is -1.93. The van der Waals surface area contributed by atoms with Crippen LogP contribution in [0, 0.1) is 5.82 Å². The average molecular weight is 234 g/mol. The normalized spacial score (nSPS) is 11.1. The van der Waals surface area contributed by atoms with E-state index in [1.807, 2.05) is 0 Å². The Morgan fingerprint density at radius 2 is 2.25 bits per heavy atom. The number of H-pyrrole nitrogens is 1. The van der Waals surface area contributed by atoms with Crippen molar-refractivity contribution in [2.24, 2.45) is 0 Å². The number of anilines is 1. The second kappa shape index (κ2) is 3.28. The van der Waals surface area contributed by atoms with Gasteiger partial charge in [-0.25, -0.2) is 4.39 Å². The van der Waals surface area contributed by atoms with E-state index in [4.69, 9.17) is 5.73 Å². The minimum atomic E-state index is -0.266. The quantitative estimate of drug-likeness (QED) is 0.679. The maximum atomic E-state index is 13.0. The highest BCUT2D eigenvalue weighted by molar-refractivity contribution is 7.09. The van der Waals surface area contributed by atoms with Gasteiger partial charge in [-0.3, -0.25) is 0 Å². The summed E-state index contributed by atoms with van der Waals surface area (Å²) in [4.78, 5) is 7.09. The maximum Gasteiger partial charge on any atom is 0.232 e. The molecule has 80 valence electrons. The monoisotopic (exact) mass is 234 g/mol. The minimum absolute atomic E-state index is 0.261. The van der Waals surface area contributed by atoms with Gasteiger partial charge in [0.15, 0.2) is 0 Å². The maximum absolute atomic E-state index is 13.0. The van der Waals surface area contributed by atoms with E-state index < -0.39 is 0 Å². The summed E-state index contributed by atoms with van der Waals surface area (Å²) in [5, 5.41) is 1.65. The van der Waals surface area contributed by atoms with Crippen molar-refractivity contribution in [1.29, 1.82) is 0 Å². The first-order valence-electron chi connectivity index (χ1n) is 4.60. The molecule has 16 heavy (non-hydrogen) atoms. The van der Waals surface area contributed by atoms with Crippen LogP contribution < -0.4 is 5.73 Å². The second-order valence-electron chi connectivity index (χ2n) is 3.35. The van der Waals surface area contributed by atoms with Gasteiger partial charge in [0, 0.05) is 22.7 Å². The van der Waals surface area contributed by atoms with Crippen LogP contribution in [0.2, 0.25) is 0 Å². The Labute approximate surface area is 94.1 Å². The lowest BCUT2D eigenvalue weighted by atomic mass is 10.2. The lowest BCUT2D eigenvalue weighted by Crippen LogP contribution is -1.85. The number of nitrogens with one attached hydrogen (secondary N) is 1. The second-order valence-corrected chi connectivity index (χ2v) is 4.10. The number of nitrogens with zero attached hydrogens (tertiary/aromatic N) is 2. The van der Waals surface area contributed by atoms with Gasteiger partial charge in [-0.1, -0.05) is 0 Å². The van der Waals surface area contributed by atoms with Crippen LogP contribution in [0.25, 0.3) is 21.5 Å². The number of aromatic amines is 1. The molecule has 3 aromatic rings. The standard InChI is InChI=1S/C10H7FN4S/c11-5-1-2-6-7(4-13-8(6)3-5)9-14-10(12)15-16-9/h1-4,13H,(H2,12,15). The molecule has 0 spiro atoms. The van der Waals surface area contributed by atoms with E-state index in [2.05, 4.69) is 14.3 Å². The molecule has 0 saturated heterocycles. The molecule has 0 saturated carbocycles. The van der Waals surface area contributed by atoms with Crippen LogP contribution in [0.3, 0.4) is 0 Å². The van der Waals surface area contributed by atoms with Crippen molar-refractivity contribution in [1.82, 2.24) is 14.3 Å². The number of hydrogen-bond donors (Lipinski definition) is 2. The molecule has 4 nitrogen and oxygen atoms in total. The lowest BCUT2D eigenvalue weighted by molar-refractivity contribution is 0.629. The summed E-state index contributed by atoms with van der Waals surface area (Å²) in [5.41, 5.74) is 7.10. The highest BCUT2D eigenvalue weighted by Gasteiger charge is 2.10. The first-order chi connectivity index (χ1) is 7.74. The number of nitrogens with two attached hydrogens (primary N) is 1. The SMILES string of the molecule is Nc1nsc(-c2c[nH]c3cc(F)ccc23)n1. The van der Waals surface area contributed by atoms with Gasteiger partial charge in [0.2, 0.25) is 5.95 Å². The van der Waals surface area contributed by atoms with Crippen LogP contribution in [0.4, 0.5) is 10.3 Å².